The Kier molecular flexibility index (Phi) is 9.10. The van der Waals surface area contributed by atoms with Gasteiger partial charge in [0.15, 0.2) is 17.4 Å². The van der Waals surface area contributed by atoms with E-state index in [1.165, 1.54) is 24.3 Å². The van der Waals surface area contributed by atoms with Crippen LogP contribution in [-0.4, -0.2) is 88.4 Å². The molecule has 3 rings (SSSR count). The van der Waals surface area contributed by atoms with Gasteiger partial charge < -0.3 is 14.5 Å². The van der Waals surface area contributed by atoms with Crippen molar-refractivity contribution in [3.63, 3.8) is 0 Å². The molecule has 1 saturated heterocycles. The van der Waals surface area contributed by atoms with Crippen LogP contribution < -0.4 is 10.6 Å². The molecule has 0 amide bonds. The van der Waals surface area contributed by atoms with Crippen LogP contribution in [0.15, 0.2) is 41.3 Å². The lowest BCUT2D eigenvalue weighted by atomic mass is 10.2. The Morgan fingerprint density at radius 3 is 2.24 bits per heavy atom. The fraction of sp³-hybridized carbons (Fsp3) is 0.381. The minimum atomic E-state index is -4.71. The predicted octanol–water partition coefficient (Wildman–Crippen LogP) is 1.39. The molecule has 0 saturated carbocycles. The monoisotopic (exact) mass is 582 g/mol. The fourth-order valence-corrected chi connectivity index (χ4v) is 6.81. The van der Waals surface area contributed by atoms with Gasteiger partial charge >= 0.3 is 5.97 Å². The number of piperazine rings is 1. The number of nitrogens with two attached hydrogens (primary N) is 1. The second-order valence-corrected chi connectivity index (χ2v) is 12.7. The lowest BCUT2D eigenvalue weighted by Crippen LogP contribution is -2.60. The molecule has 0 bridgehead atoms. The molecular weight excluding hydrogens is 558 g/mol. The Labute approximate surface area is 218 Å². The molecule has 1 atom stereocenters. The van der Waals surface area contributed by atoms with Gasteiger partial charge in [0.1, 0.15) is 11.8 Å². The summed E-state index contributed by atoms with van der Waals surface area (Å²) in [6.07, 6.45) is 0. The van der Waals surface area contributed by atoms with Gasteiger partial charge in [-0.25, -0.2) is 30.4 Å². The highest BCUT2D eigenvalue weighted by molar-refractivity contribution is 7.89. The van der Waals surface area contributed by atoms with E-state index in [2.05, 4.69) is 4.84 Å². The minimum absolute atomic E-state index is 0.0511. The smallest absolute Gasteiger partial charge is 0.344 e. The Morgan fingerprint density at radius 2 is 1.70 bits per heavy atom. The highest BCUT2D eigenvalue weighted by Gasteiger charge is 2.44. The highest BCUT2D eigenvalue weighted by atomic mass is 35.5. The first-order chi connectivity index (χ1) is 17.3. The standard InChI is InChI=1S/C21H25ClF2N4O7S2/c1-26(2)9-10-36(30,31)27-7-8-28(19(13-27)21(29)35-25)37(32,33)16-11-17(23)20(18(24)12-16)34-15-5-3-14(22)4-6-15/h3-6,11-12,19H,7-10,13,25H2,1-2H3/t19-/m1/s1. The van der Waals surface area contributed by atoms with Crippen molar-refractivity contribution in [3.8, 4) is 11.5 Å². The van der Waals surface area contributed by atoms with Crippen molar-refractivity contribution in [3.05, 3.63) is 53.1 Å². The Hall–Kier alpha value is -2.40. The summed E-state index contributed by atoms with van der Waals surface area (Å²) >= 11 is 5.77. The lowest BCUT2D eigenvalue weighted by molar-refractivity contribution is -0.150. The van der Waals surface area contributed by atoms with Crippen LogP contribution >= 0.6 is 11.6 Å². The van der Waals surface area contributed by atoms with E-state index < -0.39 is 67.4 Å². The van der Waals surface area contributed by atoms with Crippen molar-refractivity contribution in [1.82, 2.24) is 13.5 Å². The minimum Gasteiger partial charge on any atom is -0.451 e. The second kappa shape index (κ2) is 11.6. The van der Waals surface area contributed by atoms with Gasteiger partial charge in [0.25, 0.3) is 0 Å². The van der Waals surface area contributed by atoms with E-state index in [-0.39, 0.29) is 24.6 Å². The average molecular weight is 583 g/mol. The molecule has 0 spiro atoms. The van der Waals surface area contributed by atoms with Crippen LogP contribution in [0, 0.1) is 11.6 Å². The molecule has 2 aromatic carbocycles. The zero-order valence-electron chi connectivity index (χ0n) is 19.8. The molecule has 0 radical (unpaired) electrons. The van der Waals surface area contributed by atoms with Crippen LogP contribution in [0.4, 0.5) is 8.78 Å². The fourth-order valence-electron chi connectivity index (χ4n) is 3.52. The molecule has 204 valence electrons. The Bertz CT molecular complexity index is 1340. The molecule has 0 aliphatic carbocycles. The molecule has 0 aromatic heterocycles. The highest BCUT2D eigenvalue weighted by Crippen LogP contribution is 2.32. The zero-order valence-corrected chi connectivity index (χ0v) is 22.2. The largest absolute Gasteiger partial charge is 0.451 e. The molecule has 2 aromatic rings. The summed E-state index contributed by atoms with van der Waals surface area (Å²) in [5.41, 5.74) is 0. The van der Waals surface area contributed by atoms with Crippen LogP contribution in [0.25, 0.3) is 0 Å². The number of rotatable bonds is 9. The van der Waals surface area contributed by atoms with Crippen LogP contribution in [0.2, 0.25) is 5.02 Å². The van der Waals surface area contributed by atoms with E-state index >= 15 is 0 Å². The number of hydrogen-bond donors (Lipinski definition) is 1. The number of hydrogen-bond acceptors (Lipinski definition) is 9. The second-order valence-electron chi connectivity index (χ2n) is 8.32. The molecule has 1 aliphatic rings. The van der Waals surface area contributed by atoms with E-state index in [1.54, 1.807) is 19.0 Å². The molecule has 11 nitrogen and oxygen atoms in total. The normalized spacial score (nSPS) is 17.6. The number of ether oxygens (including phenoxy) is 1. The van der Waals surface area contributed by atoms with Crippen molar-refractivity contribution in [2.24, 2.45) is 5.90 Å². The quantitative estimate of drug-likeness (QED) is 0.434. The molecule has 0 unspecified atom stereocenters. The molecular formula is C21H25ClF2N4O7S2. The number of halogens is 3. The number of sulfonamides is 2. The third-order valence-electron chi connectivity index (χ3n) is 5.48. The van der Waals surface area contributed by atoms with Gasteiger partial charge in [0, 0.05) is 31.2 Å². The van der Waals surface area contributed by atoms with E-state index in [1.807, 2.05) is 0 Å². The number of benzene rings is 2. The summed E-state index contributed by atoms with van der Waals surface area (Å²) in [5.74, 6) is 0.00324. The van der Waals surface area contributed by atoms with E-state index in [4.69, 9.17) is 22.2 Å². The third kappa shape index (κ3) is 6.73. The lowest BCUT2D eigenvalue weighted by Gasteiger charge is -2.38. The van der Waals surface area contributed by atoms with Crippen molar-refractivity contribution in [1.29, 1.82) is 0 Å². The summed E-state index contributed by atoms with van der Waals surface area (Å²) in [6, 6.07) is 4.98. The summed E-state index contributed by atoms with van der Waals surface area (Å²) in [4.78, 5) is 17.4. The van der Waals surface area contributed by atoms with E-state index in [0.29, 0.717) is 21.5 Å². The van der Waals surface area contributed by atoms with Gasteiger partial charge in [0.2, 0.25) is 20.0 Å². The maximum absolute atomic E-state index is 14.8. The first-order valence-corrected chi connectivity index (χ1v) is 14.2. The maximum atomic E-state index is 14.8. The van der Waals surface area contributed by atoms with Crippen molar-refractivity contribution >= 4 is 37.6 Å². The summed E-state index contributed by atoms with van der Waals surface area (Å²) in [7, 11) is -5.21. The van der Waals surface area contributed by atoms with Crippen molar-refractivity contribution in [2.75, 3.05) is 46.0 Å². The van der Waals surface area contributed by atoms with Gasteiger partial charge in [-0.1, -0.05) is 11.6 Å². The van der Waals surface area contributed by atoms with Crippen LogP contribution in [0.3, 0.4) is 0 Å². The number of carbonyl (C=O) groups is 1. The number of carbonyl (C=O) groups excluding carboxylic acids is 1. The molecule has 16 heteroatoms. The van der Waals surface area contributed by atoms with Crippen LogP contribution in [0.5, 0.6) is 11.5 Å². The third-order valence-corrected chi connectivity index (χ3v) is 9.44. The first kappa shape index (κ1) is 29.2. The van der Waals surface area contributed by atoms with Gasteiger partial charge in [-0.05, 0) is 50.5 Å². The average Bonchev–Trinajstić information content (AvgIpc) is 2.85. The number of nitrogens with zero attached hydrogens (tertiary/aromatic N) is 3. The van der Waals surface area contributed by atoms with Gasteiger partial charge in [0.05, 0.1) is 10.6 Å². The van der Waals surface area contributed by atoms with Gasteiger partial charge in [-0.2, -0.15) is 14.5 Å². The summed E-state index contributed by atoms with van der Waals surface area (Å²) < 4.78 is 88.3. The van der Waals surface area contributed by atoms with E-state index in [9.17, 15) is 30.4 Å². The topological polar surface area (TPSA) is 140 Å². The SMILES string of the molecule is CN(C)CCS(=O)(=O)N1CCN(S(=O)(=O)c2cc(F)c(Oc3ccc(Cl)cc3)c(F)c2)[C@@H](C(=O)ON)C1. The Morgan fingerprint density at radius 1 is 1.11 bits per heavy atom. The van der Waals surface area contributed by atoms with Crippen LogP contribution in [0.1, 0.15) is 0 Å². The first-order valence-electron chi connectivity index (χ1n) is 10.7. The molecule has 1 heterocycles. The summed E-state index contributed by atoms with van der Waals surface area (Å²) in [6.45, 7) is -1.19. The molecule has 1 fully saturated rings. The van der Waals surface area contributed by atoms with E-state index in [0.717, 1.165) is 4.31 Å². The van der Waals surface area contributed by atoms with Crippen molar-refractivity contribution in [2.45, 2.75) is 10.9 Å². The molecule has 37 heavy (non-hydrogen) atoms. The Balaban J connectivity index is 1.90. The predicted molar refractivity (Wildman–Crippen MR) is 130 cm³/mol. The molecule has 1 aliphatic heterocycles. The zero-order chi connectivity index (χ0) is 27.5. The van der Waals surface area contributed by atoms with Gasteiger partial charge in [-0.15, -0.1) is 0 Å². The molecule has 2 N–H and O–H groups in total. The van der Waals surface area contributed by atoms with Gasteiger partial charge in [-0.3, -0.25) is 0 Å². The maximum Gasteiger partial charge on any atom is 0.344 e. The van der Waals surface area contributed by atoms with Crippen molar-refractivity contribution < 1.29 is 40.0 Å². The summed E-state index contributed by atoms with van der Waals surface area (Å²) in [5, 5.41) is 0.367. The van der Waals surface area contributed by atoms with Crippen LogP contribution in [-0.2, 0) is 29.7 Å².